The molecule has 7 heteroatoms. The highest BCUT2D eigenvalue weighted by atomic mass is 32.1. The Hall–Kier alpha value is -2.12. The SMILES string of the molecule is COc1cccc(C(c2sc3ncnn3c2O)N2CCC(C)CC2)c1. The third-order valence-corrected chi connectivity index (χ3v) is 6.07. The van der Waals surface area contributed by atoms with E-state index in [-0.39, 0.29) is 11.9 Å². The number of hydrogen-bond acceptors (Lipinski definition) is 6. The minimum absolute atomic E-state index is 0.0175. The van der Waals surface area contributed by atoms with Crippen molar-refractivity contribution in [3.05, 3.63) is 41.0 Å². The number of aromatic nitrogens is 3. The maximum absolute atomic E-state index is 10.7. The minimum Gasteiger partial charge on any atom is -0.497 e. The lowest BCUT2D eigenvalue weighted by Crippen LogP contribution is -2.36. The van der Waals surface area contributed by atoms with E-state index in [1.54, 1.807) is 7.11 Å². The van der Waals surface area contributed by atoms with Crippen LogP contribution in [-0.2, 0) is 0 Å². The minimum atomic E-state index is -0.0175. The Morgan fingerprint density at radius 1 is 1.32 bits per heavy atom. The fourth-order valence-corrected chi connectivity index (χ4v) is 4.59. The molecule has 0 amide bonds. The second-order valence-electron chi connectivity index (χ2n) is 6.64. The predicted octanol–water partition coefficient (Wildman–Crippen LogP) is 3.33. The van der Waals surface area contributed by atoms with Crippen LogP contribution in [0.4, 0.5) is 0 Å². The molecule has 1 fully saturated rings. The Balaban J connectivity index is 1.80. The highest BCUT2D eigenvalue weighted by Crippen LogP contribution is 2.41. The van der Waals surface area contributed by atoms with Gasteiger partial charge in [0.05, 0.1) is 18.0 Å². The van der Waals surface area contributed by atoms with Gasteiger partial charge in [-0.05, 0) is 49.5 Å². The first kappa shape index (κ1) is 16.4. The molecular weight excluding hydrogens is 336 g/mol. The van der Waals surface area contributed by atoms with Crippen molar-refractivity contribution in [1.29, 1.82) is 0 Å². The van der Waals surface area contributed by atoms with Gasteiger partial charge in [-0.2, -0.15) is 9.61 Å². The van der Waals surface area contributed by atoms with Gasteiger partial charge in [0.25, 0.3) is 0 Å². The largest absolute Gasteiger partial charge is 0.497 e. The molecule has 1 unspecified atom stereocenters. The number of fused-ring (bicyclic) bond motifs is 1. The first-order valence-corrected chi connectivity index (χ1v) is 9.38. The van der Waals surface area contributed by atoms with Crippen LogP contribution in [0.5, 0.6) is 11.6 Å². The van der Waals surface area contributed by atoms with E-state index in [9.17, 15) is 5.11 Å². The van der Waals surface area contributed by atoms with E-state index in [1.807, 2.05) is 12.1 Å². The Bertz CT molecular complexity index is 867. The Morgan fingerprint density at radius 3 is 2.84 bits per heavy atom. The summed E-state index contributed by atoms with van der Waals surface area (Å²) in [6.07, 6.45) is 3.81. The number of thiazole rings is 1. The fraction of sp³-hybridized carbons (Fsp3) is 0.444. The van der Waals surface area contributed by atoms with Gasteiger partial charge in [-0.1, -0.05) is 30.4 Å². The summed E-state index contributed by atoms with van der Waals surface area (Å²) in [6, 6.07) is 8.08. The number of methoxy groups -OCH3 is 1. The van der Waals surface area contributed by atoms with Gasteiger partial charge in [-0.25, -0.2) is 4.98 Å². The van der Waals surface area contributed by atoms with Gasteiger partial charge >= 0.3 is 0 Å². The van der Waals surface area contributed by atoms with E-state index in [0.717, 1.165) is 35.2 Å². The van der Waals surface area contributed by atoms with Gasteiger partial charge in [0.1, 0.15) is 12.1 Å². The van der Waals surface area contributed by atoms with E-state index in [1.165, 1.54) is 35.0 Å². The van der Waals surface area contributed by atoms with Crippen LogP contribution in [0.2, 0.25) is 0 Å². The van der Waals surface area contributed by atoms with Crippen LogP contribution in [0.15, 0.2) is 30.6 Å². The summed E-state index contributed by atoms with van der Waals surface area (Å²) in [5, 5.41) is 14.9. The molecule has 0 bridgehead atoms. The monoisotopic (exact) mass is 358 g/mol. The molecule has 2 aromatic heterocycles. The van der Waals surface area contributed by atoms with Crippen molar-refractivity contribution in [2.45, 2.75) is 25.8 Å². The van der Waals surface area contributed by atoms with Crippen molar-refractivity contribution in [2.24, 2.45) is 5.92 Å². The summed E-state index contributed by atoms with van der Waals surface area (Å²) in [5.74, 6) is 1.76. The number of ether oxygens (including phenoxy) is 1. The standard InChI is InChI=1S/C18H22N4O2S/c1-12-6-8-21(9-7-12)15(13-4-3-5-14(10-13)24-2)16-17(23)22-18(25-16)19-11-20-22/h3-5,10-12,15,23H,6-9H2,1-2H3. The molecule has 6 nitrogen and oxygen atoms in total. The molecule has 1 aromatic carbocycles. The van der Waals surface area contributed by atoms with Crippen LogP contribution >= 0.6 is 11.3 Å². The van der Waals surface area contributed by atoms with Crippen LogP contribution in [0, 0.1) is 5.92 Å². The van der Waals surface area contributed by atoms with Crippen LogP contribution in [0.25, 0.3) is 4.96 Å². The van der Waals surface area contributed by atoms with Crippen molar-refractivity contribution < 1.29 is 9.84 Å². The normalized spacial score (nSPS) is 17.8. The smallest absolute Gasteiger partial charge is 0.230 e. The first-order valence-electron chi connectivity index (χ1n) is 8.56. The lowest BCUT2D eigenvalue weighted by molar-refractivity contribution is 0.157. The van der Waals surface area contributed by atoms with Crippen molar-refractivity contribution in [3.63, 3.8) is 0 Å². The summed E-state index contributed by atoms with van der Waals surface area (Å²) < 4.78 is 6.93. The third kappa shape index (κ3) is 2.98. The zero-order chi connectivity index (χ0) is 17.4. The second-order valence-corrected chi connectivity index (χ2v) is 7.65. The van der Waals surface area contributed by atoms with Gasteiger partial charge in [-0.15, -0.1) is 0 Å². The van der Waals surface area contributed by atoms with E-state index in [0.29, 0.717) is 4.96 Å². The third-order valence-electron chi connectivity index (χ3n) is 4.98. The summed E-state index contributed by atoms with van der Waals surface area (Å²) in [5.41, 5.74) is 1.12. The zero-order valence-corrected chi connectivity index (χ0v) is 15.2. The highest BCUT2D eigenvalue weighted by molar-refractivity contribution is 7.17. The molecular formula is C18H22N4O2S. The molecule has 0 saturated carbocycles. The van der Waals surface area contributed by atoms with Crippen molar-refractivity contribution in [2.75, 3.05) is 20.2 Å². The van der Waals surface area contributed by atoms with Crippen molar-refractivity contribution in [1.82, 2.24) is 19.5 Å². The molecule has 3 heterocycles. The predicted molar refractivity (Wildman–Crippen MR) is 97.3 cm³/mol. The average Bonchev–Trinajstić information content (AvgIpc) is 3.21. The number of rotatable bonds is 4. The number of benzene rings is 1. The molecule has 25 heavy (non-hydrogen) atoms. The summed E-state index contributed by atoms with van der Waals surface area (Å²) in [7, 11) is 1.68. The van der Waals surface area contributed by atoms with Crippen LogP contribution in [-0.4, -0.2) is 44.8 Å². The quantitative estimate of drug-likeness (QED) is 0.775. The summed E-state index contributed by atoms with van der Waals surface area (Å²) in [6.45, 7) is 4.32. The molecule has 0 radical (unpaired) electrons. The Kier molecular flexibility index (Phi) is 4.35. The van der Waals surface area contributed by atoms with Gasteiger partial charge < -0.3 is 9.84 Å². The fourth-order valence-electron chi connectivity index (χ4n) is 3.50. The van der Waals surface area contributed by atoms with Crippen LogP contribution < -0.4 is 4.74 Å². The summed E-state index contributed by atoms with van der Waals surface area (Å²) >= 11 is 1.50. The molecule has 132 valence electrons. The molecule has 0 aliphatic carbocycles. The molecule has 4 rings (SSSR count). The second kappa shape index (κ2) is 6.65. The molecule has 1 atom stereocenters. The topological polar surface area (TPSA) is 62.9 Å². The van der Waals surface area contributed by atoms with Crippen molar-refractivity contribution in [3.8, 4) is 11.6 Å². The number of piperidine rings is 1. The Labute approximate surface area is 150 Å². The average molecular weight is 358 g/mol. The maximum atomic E-state index is 10.7. The molecule has 3 aromatic rings. The lowest BCUT2D eigenvalue weighted by atomic mass is 9.95. The van der Waals surface area contributed by atoms with Crippen LogP contribution in [0.1, 0.15) is 36.2 Å². The number of likely N-dealkylation sites (tertiary alicyclic amines) is 1. The molecule has 0 spiro atoms. The molecule has 1 aliphatic rings. The number of nitrogens with zero attached hydrogens (tertiary/aromatic N) is 4. The number of aromatic hydroxyl groups is 1. The summed E-state index contributed by atoms with van der Waals surface area (Å²) in [4.78, 5) is 8.28. The molecule has 1 saturated heterocycles. The van der Waals surface area contributed by atoms with Gasteiger partial charge in [0.2, 0.25) is 10.8 Å². The zero-order valence-electron chi connectivity index (χ0n) is 14.4. The van der Waals surface area contributed by atoms with Gasteiger partial charge in [-0.3, -0.25) is 4.90 Å². The molecule has 1 N–H and O–H groups in total. The van der Waals surface area contributed by atoms with E-state index < -0.39 is 0 Å². The lowest BCUT2D eigenvalue weighted by Gasteiger charge is -2.36. The highest BCUT2D eigenvalue weighted by Gasteiger charge is 2.31. The Morgan fingerprint density at radius 2 is 2.12 bits per heavy atom. The maximum Gasteiger partial charge on any atom is 0.230 e. The van der Waals surface area contributed by atoms with Gasteiger partial charge in [0, 0.05) is 0 Å². The molecule has 1 aliphatic heterocycles. The van der Waals surface area contributed by atoms with E-state index in [2.05, 4.69) is 34.0 Å². The van der Waals surface area contributed by atoms with E-state index in [4.69, 9.17) is 4.74 Å². The van der Waals surface area contributed by atoms with E-state index >= 15 is 0 Å². The van der Waals surface area contributed by atoms with Crippen LogP contribution in [0.3, 0.4) is 0 Å². The van der Waals surface area contributed by atoms with Gasteiger partial charge in [0.15, 0.2) is 0 Å². The first-order chi connectivity index (χ1) is 12.2. The van der Waals surface area contributed by atoms with Crippen molar-refractivity contribution >= 4 is 16.3 Å². The number of hydrogen-bond donors (Lipinski definition) is 1.